The number of aryl methyl sites for hydroxylation is 1. The van der Waals surface area contributed by atoms with Gasteiger partial charge < -0.3 is 9.47 Å². The number of nitrogens with zero attached hydrogens (tertiary/aromatic N) is 1. The van der Waals surface area contributed by atoms with Crippen molar-refractivity contribution in [1.29, 1.82) is 0 Å². The van der Waals surface area contributed by atoms with Crippen LogP contribution in [-0.4, -0.2) is 31.1 Å². The summed E-state index contributed by atoms with van der Waals surface area (Å²) in [4.78, 5) is 39.1. The Morgan fingerprint density at radius 3 is 2.52 bits per heavy atom. The molecule has 0 saturated carbocycles. The molecule has 8 heteroatoms. The van der Waals surface area contributed by atoms with E-state index in [-0.39, 0.29) is 11.7 Å². The lowest BCUT2D eigenvalue weighted by atomic mass is 10.0. The molecule has 4 amide bonds. The topological polar surface area (TPSA) is 84.9 Å². The molecule has 162 valence electrons. The van der Waals surface area contributed by atoms with E-state index in [1.165, 1.54) is 13.2 Å². The molecule has 1 fully saturated rings. The molecule has 1 heterocycles. The first-order valence-corrected chi connectivity index (χ1v) is 10.6. The summed E-state index contributed by atoms with van der Waals surface area (Å²) in [6, 6.07) is 9.70. The Kier molecular flexibility index (Phi) is 6.80. The molecule has 3 rings (SSSR count). The second-order valence-electron chi connectivity index (χ2n) is 7.14. The standard InChI is InChI=1S/C23H23BrN2O5/c1-5-15-8-6-7-9-18(15)26-22(28)16(21(27)25-23(26)29)10-14-11-17(24)20(31-13(2)3)19(12-14)30-4/h6-13H,5H2,1-4H3,(H,25,27,29)/b16-10-. The van der Waals surface area contributed by atoms with Gasteiger partial charge in [0.15, 0.2) is 11.5 Å². The number of methoxy groups -OCH3 is 1. The van der Waals surface area contributed by atoms with Crippen LogP contribution in [0.3, 0.4) is 0 Å². The first-order chi connectivity index (χ1) is 14.8. The van der Waals surface area contributed by atoms with Crippen LogP contribution in [0.1, 0.15) is 31.9 Å². The molecule has 31 heavy (non-hydrogen) atoms. The van der Waals surface area contributed by atoms with Crippen LogP contribution in [0.2, 0.25) is 0 Å². The number of nitrogens with one attached hydrogen (secondary N) is 1. The summed E-state index contributed by atoms with van der Waals surface area (Å²) in [7, 11) is 1.51. The van der Waals surface area contributed by atoms with Crippen LogP contribution < -0.4 is 19.7 Å². The van der Waals surface area contributed by atoms with Gasteiger partial charge in [-0.3, -0.25) is 14.9 Å². The van der Waals surface area contributed by atoms with E-state index in [4.69, 9.17) is 9.47 Å². The van der Waals surface area contributed by atoms with Crippen molar-refractivity contribution in [3.8, 4) is 11.5 Å². The van der Waals surface area contributed by atoms with Crippen LogP contribution in [-0.2, 0) is 16.0 Å². The van der Waals surface area contributed by atoms with Gasteiger partial charge in [-0.1, -0.05) is 25.1 Å². The predicted molar refractivity (Wildman–Crippen MR) is 121 cm³/mol. The number of benzene rings is 2. The van der Waals surface area contributed by atoms with Gasteiger partial charge >= 0.3 is 6.03 Å². The summed E-state index contributed by atoms with van der Waals surface area (Å²) in [5.74, 6) is -0.472. The lowest BCUT2D eigenvalue weighted by molar-refractivity contribution is -0.122. The number of imide groups is 2. The van der Waals surface area contributed by atoms with Gasteiger partial charge in [0.1, 0.15) is 5.57 Å². The van der Waals surface area contributed by atoms with Crippen molar-refractivity contribution in [2.45, 2.75) is 33.3 Å². The Hall–Kier alpha value is -3.13. The van der Waals surface area contributed by atoms with Crippen molar-refractivity contribution in [3.05, 3.63) is 57.6 Å². The molecule has 0 bridgehead atoms. The predicted octanol–water partition coefficient (Wildman–Crippen LogP) is 4.47. The monoisotopic (exact) mass is 486 g/mol. The largest absolute Gasteiger partial charge is 0.493 e. The fraction of sp³-hybridized carbons (Fsp3) is 0.261. The zero-order chi connectivity index (χ0) is 22.7. The second-order valence-corrected chi connectivity index (χ2v) is 8.00. The lowest BCUT2D eigenvalue weighted by Gasteiger charge is -2.28. The van der Waals surface area contributed by atoms with E-state index in [0.717, 1.165) is 10.5 Å². The van der Waals surface area contributed by atoms with Crippen molar-refractivity contribution >= 4 is 45.5 Å². The number of ether oxygens (including phenoxy) is 2. The molecule has 0 spiro atoms. The molecule has 0 atom stereocenters. The van der Waals surface area contributed by atoms with Crippen LogP contribution in [0.25, 0.3) is 6.08 Å². The second kappa shape index (κ2) is 9.34. The van der Waals surface area contributed by atoms with Gasteiger partial charge in [-0.25, -0.2) is 9.69 Å². The first-order valence-electron chi connectivity index (χ1n) is 9.80. The SMILES string of the molecule is CCc1ccccc1N1C(=O)NC(=O)/C(=C/c2cc(Br)c(OC(C)C)c(OC)c2)C1=O. The zero-order valence-corrected chi connectivity index (χ0v) is 19.3. The maximum Gasteiger partial charge on any atom is 0.335 e. The molecule has 7 nitrogen and oxygen atoms in total. The van der Waals surface area contributed by atoms with E-state index in [0.29, 0.717) is 33.6 Å². The molecule has 2 aromatic carbocycles. The highest BCUT2D eigenvalue weighted by Gasteiger charge is 2.37. The van der Waals surface area contributed by atoms with Crippen LogP contribution in [0.15, 0.2) is 46.4 Å². The van der Waals surface area contributed by atoms with Gasteiger partial charge in [0.2, 0.25) is 0 Å². The van der Waals surface area contributed by atoms with Gasteiger partial charge in [-0.15, -0.1) is 0 Å². The average molecular weight is 487 g/mol. The maximum absolute atomic E-state index is 13.2. The van der Waals surface area contributed by atoms with Crippen molar-refractivity contribution in [2.75, 3.05) is 12.0 Å². The Labute approximate surface area is 189 Å². The number of urea groups is 1. The average Bonchev–Trinajstić information content (AvgIpc) is 2.72. The summed E-state index contributed by atoms with van der Waals surface area (Å²) >= 11 is 3.46. The normalized spacial score (nSPS) is 15.5. The molecule has 0 aromatic heterocycles. The third-order valence-corrected chi connectivity index (χ3v) is 5.22. The summed E-state index contributed by atoms with van der Waals surface area (Å²) < 4.78 is 11.8. The smallest absolute Gasteiger partial charge is 0.335 e. The summed E-state index contributed by atoms with van der Waals surface area (Å²) in [5, 5.41) is 2.25. The molecule has 1 N–H and O–H groups in total. The summed E-state index contributed by atoms with van der Waals surface area (Å²) in [6.45, 7) is 5.72. The van der Waals surface area contributed by atoms with Crippen molar-refractivity contribution < 1.29 is 23.9 Å². The first kappa shape index (κ1) is 22.6. The Morgan fingerprint density at radius 2 is 1.87 bits per heavy atom. The number of rotatable bonds is 6. The quantitative estimate of drug-likeness (QED) is 0.480. The Balaban J connectivity index is 2.05. The third kappa shape index (κ3) is 4.64. The number of barbiturate groups is 1. The van der Waals surface area contributed by atoms with E-state index in [1.807, 2.05) is 32.9 Å². The number of halogens is 1. The molecular formula is C23H23BrN2O5. The van der Waals surface area contributed by atoms with E-state index < -0.39 is 17.8 Å². The fourth-order valence-electron chi connectivity index (χ4n) is 3.24. The van der Waals surface area contributed by atoms with Gasteiger partial charge in [0.05, 0.1) is 23.4 Å². The summed E-state index contributed by atoms with van der Waals surface area (Å²) in [5.41, 5.74) is 1.65. The van der Waals surface area contributed by atoms with Crippen molar-refractivity contribution in [2.24, 2.45) is 0 Å². The Morgan fingerprint density at radius 1 is 1.16 bits per heavy atom. The zero-order valence-electron chi connectivity index (χ0n) is 17.7. The molecular weight excluding hydrogens is 464 g/mol. The molecule has 1 aliphatic rings. The van der Waals surface area contributed by atoms with Gasteiger partial charge in [0, 0.05) is 0 Å². The summed E-state index contributed by atoms with van der Waals surface area (Å²) in [6.07, 6.45) is 1.98. The fourth-order valence-corrected chi connectivity index (χ4v) is 3.80. The maximum atomic E-state index is 13.2. The number of carbonyl (C=O) groups is 3. The highest BCUT2D eigenvalue weighted by molar-refractivity contribution is 9.10. The number of hydrogen-bond acceptors (Lipinski definition) is 5. The van der Waals surface area contributed by atoms with Crippen LogP contribution in [0.4, 0.5) is 10.5 Å². The van der Waals surface area contributed by atoms with E-state index in [1.54, 1.807) is 24.3 Å². The van der Waals surface area contributed by atoms with Crippen LogP contribution in [0, 0.1) is 0 Å². The van der Waals surface area contributed by atoms with Gasteiger partial charge in [-0.2, -0.15) is 0 Å². The molecule has 1 aliphatic heterocycles. The molecule has 2 aromatic rings. The molecule has 0 radical (unpaired) electrons. The number of para-hydroxylation sites is 1. The number of amides is 4. The minimum atomic E-state index is -0.771. The number of hydrogen-bond donors (Lipinski definition) is 1. The number of anilines is 1. The Bertz CT molecular complexity index is 1080. The van der Waals surface area contributed by atoms with Crippen molar-refractivity contribution in [1.82, 2.24) is 5.32 Å². The lowest BCUT2D eigenvalue weighted by Crippen LogP contribution is -2.54. The number of carbonyl (C=O) groups excluding carboxylic acids is 3. The van der Waals surface area contributed by atoms with E-state index >= 15 is 0 Å². The molecule has 0 unspecified atom stereocenters. The molecule has 0 aliphatic carbocycles. The van der Waals surface area contributed by atoms with Crippen LogP contribution in [0.5, 0.6) is 11.5 Å². The minimum absolute atomic E-state index is 0.0710. The highest BCUT2D eigenvalue weighted by atomic mass is 79.9. The van der Waals surface area contributed by atoms with Crippen molar-refractivity contribution in [3.63, 3.8) is 0 Å². The minimum Gasteiger partial charge on any atom is -0.493 e. The molecule has 1 saturated heterocycles. The van der Waals surface area contributed by atoms with Crippen LogP contribution >= 0.6 is 15.9 Å². The third-order valence-electron chi connectivity index (χ3n) is 4.63. The van der Waals surface area contributed by atoms with E-state index in [2.05, 4.69) is 21.2 Å². The van der Waals surface area contributed by atoms with E-state index in [9.17, 15) is 14.4 Å². The highest BCUT2D eigenvalue weighted by Crippen LogP contribution is 2.38. The van der Waals surface area contributed by atoms with Gasteiger partial charge in [-0.05, 0) is 71.6 Å². The van der Waals surface area contributed by atoms with Gasteiger partial charge in [0.25, 0.3) is 11.8 Å².